The Hall–Kier alpha value is -6.71. The first-order chi connectivity index (χ1) is 25.2. The van der Waals surface area contributed by atoms with E-state index in [-0.39, 0.29) is 0 Å². The molecule has 0 aliphatic heterocycles. The number of rotatable bonds is 6. The van der Waals surface area contributed by atoms with Crippen LogP contribution in [0.2, 0.25) is 0 Å². The molecule has 0 N–H and O–H groups in total. The molecule has 3 nitrogen and oxygen atoms in total. The van der Waals surface area contributed by atoms with Gasteiger partial charge >= 0.3 is 0 Å². The third-order valence-corrected chi connectivity index (χ3v) is 9.61. The smallest absolute Gasteiger partial charge is 0.164 e. The van der Waals surface area contributed by atoms with Crippen molar-refractivity contribution < 1.29 is 0 Å². The summed E-state index contributed by atoms with van der Waals surface area (Å²) in [5, 5.41) is 4.61. The van der Waals surface area contributed by atoms with E-state index in [2.05, 4.69) is 153 Å². The summed E-state index contributed by atoms with van der Waals surface area (Å²) < 4.78 is 0. The van der Waals surface area contributed by atoms with E-state index in [1.165, 1.54) is 38.8 Å². The van der Waals surface area contributed by atoms with Gasteiger partial charge in [0, 0.05) is 22.1 Å². The number of fused-ring (bicyclic) bond motifs is 3. The maximum atomic E-state index is 5.17. The molecule has 240 valence electrons. The third-order valence-electron chi connectivity index (χ3n) is 9.61. The zero-order valence-corrected chi connectivity index (χ0v) is 28.2. The van der Waals surface area contributed by atoms with E-state index in [0.29, 0.717) is 17.5 Å². The lowest BCUT2D eigenvalue weighted by atomic mass is 9.83. The van der Waals surface area contributed by atoms with E-state index >= 15 is 0 Å². The van der Waals surface area contributed by atoms with E-state index in [1.54, 1.807) is 0 Å². The van der Waals surface area contributed by atoms with Crippen LogP contribution in [0.4, 0.5) is 0 Å². The van der Waals surface area contributed by atoms with Gasteiger partial charge in [0.25, 0.3) is 0 Å². The van der Waals surface area contributed by atoms with Gasteiger partial charge in [-0.3, -0.25) is 0 Å². The van der Waals surface area contributed by atoms with Crippen molar-refractivity contribution in [2.24, 2.45) is 0 Å². The average Bonchev–Trinajstić information content (AvgIpc) is 3.21. The molecule has 0 aliphatic rings. The van der Waals surface area contributed by atoms with Crippen LogP contribution < -0.4 is 0 Å². The predicted molar refractivity (Wildman–Crippen MR) is 212 cm³/mol. The quantitative estimate of drug-likeness (QED) is 0.168. The average molecular weight is 652 g/mol. The van der Waals surface area contributed by atoms with E-state index in [9.17, 15) is 0 Å². The maximum Gasteiger partial charge on any atom is 0.164 e. The summed E-state index contributed by atoms with van der Waals surface area (Å²) in [5.74, 6) is 1.94. The van der Waals surface area contributed by atoms with Gasteiger partial charge in [-0.25, -0.2) is 15.0 Å². The normalized spacial score (nSPS) is 11.2. The molecule has 1 heterocycles. The second kappa shape index (κ2) is 13.0. The summed E-state index contributed by atoms with van der Waals surface area (Å²) in [7, 11) is 0. The number of hydrogen-bond acceptors (Lipinski definition) is 3. The van der Waals surface area contributed by atoms with Crippen LogP contribution in [-0.2, 0) is 0 Å². The Kier molecular flexibility index (Phi) is 7.71. The van der Waals surface area contributed by atoms with Crippen LogP contribution in [0.15, 0.2) is 182 Å². The monoisotopic (exact) mass is 651 g/mol. The first-order valence-electron chi connectivity index (χ1n) is 17.3. The molecule has 0 saturated heterocycles. The molecule has 0 aliphatic carbocycles. The lowest BCUT2D eigenvalue weighted by Crippen LogP contribution is -2.01. The van der Waals surface area contributed by atoms with Crippen molar-refractivity contribution in [1.82, 2.24) is 15.0 Å². The molecule has 3 heteroatoms. The predicted octanol–water partition coefficient (Wildman–Crippen LogP) is 12.5. The van der Waals surface area contributed by atoms with Gasteiger partial charge in [0.05, 0.1) is 0 Å². The summed E-state index contributed by atoms with van der Waals surface area (Å²) in [6, 6.07) is 64.1. The van der Waals surface area contributed by atoms with Crippen molar-refractivity contribution in [1.29, 1.82) is 0 Å². The molecule has 0 fully saturated rings. The Morgan fingerprint density at radius 2 is 0.706 bits per heavy atom. The number of nitrogens with zero attached hydrogens (tertiary/aromatic N) is 3. The van der Waals surface area contributed by atoms with Crippen molar-refractivity contribution >= 4 is 21.5 Å². The fourth-order valence-electron chi connectivity index (χ4n) is 7.13. The molecule has 0 radical (unpaired) electrons. The fourth-order valence-corrected chi connectivity index (χ4v) is 7.13. The van der Waals surface area contributed by atoms with Crippen molar-refractivity contribution in [3.63, 3.8) is 0 Å². The standard InChI is InChI=1S/C48H33N3/c1-32-24-26-33(27-25-32)34-28-30-36(31-29-34)44-41-22-13-23-42(45(41)40-21-12-11-20-39(40)43(44)35-14-5-2-6-15-35)48-50-46(37-16-7-3-8-17-37)49-47(51-48)38-18-9-4-10-19-38/h2-31H,1H3. The molecule has 0 atom stereocenters. The van der Waals surface area contributed by atoms with Crippen LogP contribution in [0.5, 0.6) is 0 Å². The zero-order valence-electron chi connectivity index (χ0n) is 28.2. The first kappa shape index (κ1) is 30.4. The van der Waals surface area contributed by atoms with Crippen LogP contribution >= 0.6 is 0 Å². The summed E-state index contributed by atoms with van der Waals surface area (Å²) in [4.78, 5) is 15.3. The Morgan fingerprint density at radius 1 is 0.294 bits per heavy atom. The van der Waals surface area contributed by atoms with Gasteiger partial charge in [-0.05, 0) is 56.5 Å². The number of aromatic nitrogens is 3. The minimum Gasteiger partial charge on any atom is -0.208 e. The fraction of sp³-hybridized carbons (Fsp3) is 0.0208. The van der Waals surface area contributed by atoms with E-state index in [1.807, 2.05) is 36.4 Å². The van der Waals surface area contributed by atoms with Gasteiger partial charge in [0.15, 0.2) is 17.5 Å². The molecule has 0 bridgehead atoms. The van der Waals surface area contributed by atoms with Gasteiger partial charge in [-0.2, -0.15) is 0 Å². The Labute approximate surface area is 297 Å². The SMILES string of the molecule is Cc1ccc(-c2ccc(-c3c(-c4ccccc4)c4ccccc4c4c(-c5nc(-c6ccccc6)nc(-c6ccccc6)n5)cccc34)cc2)cc1. The number of benzene rings is 8. The van der Waals surface area contributed by atoms with E-state index in [0.717, 1.165) is 38.4 Å². The summed E-state index contributed by atoms with van der Waals surface area (Å²) in [5.41, 5.74) is 11.3. The Bertz CT molecular complexity index is 2590. The van der Waals surface area contributed by atoms with Gasteiger partial charge in [-0.1, -0.05) is 188 Å². The maximum absolute atomic E-state index is 5.17. The van der Waals surface area contributed by atoms with Crippen LogP contribution in [-0.4, -0.2) is 15.0 Å². The molecule has 8 aromatic carbocycles. The molecule has 9 aromatic rings. The summed E-state index contributed by atoms with van der Waals surface area (Å²) in [6.07, 6.45) is 0. The van der Waals surface area contributed by atoms with Crippen LogP contribution in [0.3, 0.4) is 0 Å². The van der Waals surface area contributed by atoms with Gasteiger partial charge in [-0.15, -0.1) is 0 Å². The van der Waals surface area contributed by atoms with Crippen molar-refractivity contribution in [3.05, 3.63) is 188 Å². The highest BCUT2D eigenvalue weighted by molar-refractivity contribution is 6.25. The summed E-state index contributed by atoms with van der Waals surface area (Å²) in [6.45, 7) is 2.12. The second-order valence-electron chi connectivity index (χ2n) is 12.9. The molecule has 0 spiro atoms. The molecular weight excluding hydrogens is 619 g/mol. The minimum absolute atomic E-state index is 0.645. The highest BCUT2D eigenvalue weighted by Crippen LogP contribution is 2.47. The Balaban J connectivity index is 1.35. The number of hydrogen-bond donors (Lipinski definition) is 0. The zero-order chi connectivity index (χ0) is 34.1. The number of aryl methyl sites for hydroxylation is 1. The van der Waals surface area contributed by atoms with Gasteiger partial charge in [0.2, 0.25) is 0 Å². The molecular formula is C48H33N3. The van der Waals surface area contributed by atoms with E-state index < -0.39 is 0 Å². The van der Waals surface area contributed by atoms with Gasteiger partial charge < -0.3 is 0 Å². The molecule has 1 aromatic heterocycles. The Morgan fingerprint density at radius 3 is 1.29 bits per heavy atom. The largest absolute Gasteiger partial charge is 0.208 e. The topological polar surface area (TPSA) is 38.7 Å². The molecule has 51 heavy (non-hydrogen) atoms. The lowest BCUT2D eigenvalue weighted by molar-refractivity contribution is 1.08. The van der Waals surface area contributed by atoms with Crippen LogP contribution in [0.1, 0.15) is 5.56 Å². The second-order valence-corrected chi connectivity index (χ2v) is 12.9. The minimum atomic E-state index is 0.645. The highest BCUT2D eigenvalue weighted by Gasteiger charge is 2.22. The van der Waals surface area contributed by atoms with Crippen molar-refractivity contribution in [2.75, 3.05) is 0 Å². The third kappa shape index (κ3) is 5.65. The van der Waals surface area contributed by atoms with Crippen molar-refractivity contribution in [3.8, 4) is 67.5 Å². The van der Waals surface area contributed by atoms with E-state index in [4.69, 9.17) is 15.0 Å². The highest BCUT2D eigenvalue weighted by atomic mass is 15.0. The molecule has 0 amide bonds. The first-order valence-corrected chi connectivity index (χ1v) is 17.3. The van der Waals surface area contributed by atoms with Crippen molar-refractivity contribution in [2.45, 2.75) is 6.92 Å². The summed E-state index contributed by atoms with van der Waals surface area (Å²) >= 11 is 0. The van der Waals surface area contributed by atoms with Crippen LogP contribution in [0, 0.1) is 6.92 Å². The molecule has 0 saturated carbocycles. The van der Waals surface area contributed by atoms with Crippen LogP contribution in [0.25, 0.3) is 89.1 Å². The lowest BCUT2D eigenvalue weighted by Gasteiger charge is -2.20. The molecule has 9 rings (SSSR count). The molecule has 0 unspecified atom stereocenters. The van der Waals surface area contributed by atoms with Gasteiger partial charge in [0.1, 0.15) is 0 Å².